The zero-order valence-corrected chi connectivity index (χ0v) is 11.5. The number of nitrogens with one attached hydrogen (secondary N) is 1. The highest BCUT2D eigenvalue weighted by Gasteiger charge is 2.38. The van der Waals surface area contributed by atoms with E-state index in [0.717, 1.165) is 44.9 Å². The monoisotopic (exact) mass is 254 g/mol. The molecule has 0 aromatic carbocycles. The number of unbranched alkanes of at least 4 members (excludes halogenated alkanes) is 3. The summed E-state index contributed by atoms with van der Waals surface area (Å²) in [5.74, 6) is -0.393. The third-order valence-corrected chi connectivity index (χ3v) is 3.81. The summed E-state index contributed by atoms with van der Waals surface area (Å²) >= 11 is 0. The lowest BCUT2D eigenvalue weighted by molar-refractivity contribution is -0.133. The van der Waals surface area contributed by atoms with Gasteiger partial charge in [0.25, 0.3) is 0 Å². The van der Waals surface area contributed by atoms with Crippen LogP contribution >= 0.6 is 0 Å². The first kappa shape index (κ1) is 15.0. The average molecular weight is 254 g/mol. The molecule has 0 radical (unpaired) electrons. The Morgan fingerprint density at radius 1 is 1.11 bits per heavy atom. The second-order valence-corrected chi connectivity index (χ2v) is 5.37. The minimum atomic E-state index is -0.764. The maximum Gasteiger partial charge on any atom is 0.243 e. The molecule has 2 amide bonds. The molecule has 1 rings (SSSR count). The van der Waals surface area contributed by atoms with Crippen LogP contribution in [0, 0.1) is 0 Å². The number of nitrogens with two attached hydrogens (primary N) is 1. The third kappa shape index (κ3) is 4.31. The van der Waals surface area contributed by atoms with Gasteiger partial charge in [0, 0.05) is 6.42 Å². The van der Waals surface area contributed by atoms with Gasteiger partial charge in [-0.15, -0.1) is 0 Å². The molecule has 0 saturated heterocycles. The third-order valence-electron chi connectivity index (χ3n) is 3.81. The van der Waals surface area contributed by atoms with Crippen LogP contribution in [0.15, 0.2) is 0 Å². The van der Waals surface area contributed by atoms with E-state index in [4.69, 9.17) is 5.73 Å². The van der Waals surface area contributed by atoms with Gasteiger partial charge in [-0.25, -0.2) is 0 Å². The van der Waals surface area contributed by atoms with Gasteiger partial charge in [-0.3, -0.25) is 9.59 Å². The lowest BCUT2D eigenvalue weighted by Crippen LogP contribution is -2.58. The van der Waals surface area contributed by atoms with Gasteiger partial charge >= 0.3 is 0 Å². The van der Waals surface area contributed by atoms with Gasteiger partial charge < -0.3 is 11.1 Å². The van der Waals surface area contributed by atoms with Crippen LogP contribution in [0.25, 0.3) is 0 Å². The van der Waals surface area contributed by atoms with Crippen molar-refractivity contribution in [1.82, 2.24) is 5.32 Å². The van der Waals surface area contributed by atoms with Crippen molar-refractivity contribution in [3.63, 3.8) is 0 Å². The molecule has 1 aliphatic carbocycles. The molecule has 1 saturated carbocycles. The van der Waals surface area contributed by atoms with Crippen molar-refractivity contribution in [2.45, 2.75) is 76.7 Å². The highest BCUT2D eigenvalue weighted by atomic mass is 16.2. The second kappa shape index (κ2) is 7.39. The molecule has 0 aromatic rings. The molecule has 3 N–H and O–H groups in total. The predicted molar refractivity (Wildman–Crippen MR) is 71.9 cm³/mol. The van der Waals surface area contributed by atoms with Crippen LogP contribution in [-0.4, -0.2) is 17.4 Å². The molecule has 4 heteroatoms. The molecule has 0 atom stereocenters. The summed E-state index contributed by atoms with van der Waals surface area (Å²) < 4.78 is 0. The highest BCUT2D eigenvalue weighted by Crippen LogP contribution is 2.28. The summed E-state index contributed by atoms with van der Waals surface area (Å²) in [6.07, 6.45) is 9.27. The van der Waals surface area contributed by atoms with Gasteiger partial charge in [-0.1, -0.05) is 45.4 Å². The number of rotatable bonds is 7. The Morgan fingerprint density at radius 3 is 2.33 bits per heavy atom. The van der Waals surface area contributed by atoms with Crippen LogP contribution < -0.4 is 11.1 Å². The van der Waals surface area contributed by atoms with Crippen LogP contribution in [0.5, 0.6) is 0 Å². The van der Waals surface area contributed by atoms with Crippen LogP contribution in [0.2, 0.25) is 0 Å². The number of amides is 2. The van der Waals surface area contributed by atoms with Crippen molar-refractivity contribution in [2.75, 3.05) is 0 Å². The van der Waals surface area contributed by atoms with E-state index in [1.807, 2.05) is 0 Å². The molecular weight excluding hydrogens is 228 g/mol. The molecule has 104 valence electrons. The summed E-state index contributed by atoms with van der Waals surface area (Å²) in [5, 5.41) is 2.90. The van der Waals surface area contributed by atoms with Crippen LogP contribution in [0.1, 0.15) is 71.1 Å². The van der Waals surface area contributed by atoms with E-state index in [2.05, 4.69) is 12.2 Å². The van der Waals surface area contributed by atoms with E-state index in [1.54, 1.807) is 0 Å². The van der Waals surface area contributed by atoms with E-state index in [0.29, 0.717) is 19.3 Å². The summed E-state index contributed by atoms with van der Waals surface area (Å²) in [4.78, 5) is 23.5. The molecule has 0 aliphatic heterocycles. The number of carbonyl (C=O) groups is 2. The zero-order valence-electron chi connectivity index (χ0n) is 11.5. The maximum absolute atomic E-state index is 11.9. The average Bonchev–Trinajstić information content (AvgIpc) is 2.35. The molecule has 0 heterocycles. The van der Waals surface area contributed by atoms with E-state index < -0.39 is 5.54 Å². The summed E-state index contributed by atoms with van der Waals surface area (Å²) in [7, 11) is 0. The molecule has 4 nitrogen and oxygen atoms in total. The first-order valence-electron chi connectivity index (χ1n) is 7.21. The number of carbonyl (C=O) groups excluding carboxylic acids is 2. The zero-order chi connectivity index (χ0) is 13.4. The van der Waals surface area contributed by atoms with Crippen molar-refractivity contribution in [2.24, 2.45) is 5.73 Å². The Balaban J connectivity index is 2.41. The van der Waals surface area contributed by atoms with Gasteiger partial charge in [-0.05, 0) is 19.3 Å². The number of hydrogen-bond acceptors (Lipinski definition) is 2. The van der Waals surface area contributed by atoms with E-state index in [9.17, 15) is 9.59 Å². The molecule has 0 unspecified atom stereocenters. The summed E-state index contributed by atoms with van der Waals surface area (Å²) in [6, 6.07) is 0. The number of hydrogen-bond donors (Lipinski definition) is 2. The number of primary amides is 1. The van der Waals surface area contributed by atoms with Crippen molar-refractivity contribution in [3.8, 4) is 0 Å². The lowest BCUT2D eigenvalue weighted by Gasteiger charge is -2.35. The first-order valence-corrected chi connectivity index (χ1v) is 7.21. The second-order valence-electron chi connectivity index (χ2n) is 5.37. The van der Waals surface area contributed by atoms with Crippen LogP contribution in [0.4, 0.5) is 0 Å². The Kier molecular flexibility index (Phi) is 6.16. The van der Waals surface area contributed by atoms with Crippen LogP contribution in [-0.2, 0) is 9.59 Å². The molecular formula is C14H26N2O2. The normalized spacial score (nSPS) is 18.3. The Bertz CT molecular complexity index is 284. The van der Waals surface area contributed by atoms with Gasteiger partial charge in [0.1, 0.15) is 5.54 Å². The van der Waals surface area contributed by atoms with Crippen LogP contribution in [0.3, 0.4) is 0 Å². The Labute approximate surface area is 110 Å². The van der Waals surface area contributed by atoms with Crippen molar-refractivity contribution in [3.05, 3.63) is 0 Å². The Morgan fingerprint density at radius 2 is 1.78 bits per heavy atom. The quantitative estimate of drug-likeness (QED) is 0.684. The molecule has 0 aromatic heterocycles. The molecule has 0 bridgehead atoms. The van der Waals surface area contributed by atoms with E-state index in [1.165, 1.54) is 0 Å². The van der Waals surface area contributed by atoms with E-state index >= 15 is 0 Å². The topological polar surface area (TPSA) is 72.2 Å². The molecule has 0 spiro atoms. The van der Waals surface area contributed by atoms with Gasteiger partial charge in [0.05, 0.1) is 0 Å². The van der Waals surface area contributed by atoms with Crippen molar-refractivity contribution < 1.29 is 9.59 Å². The minimum Gasteiger partial charge on any atom is -0.368 e. The summed E-state index contributed by atoms with van der Waals surface area (Å²) in [5.41, 5.74) is 4.71. The first-order chi connectivity index (χ1) is 8.60. The highest BCUT2D eigenvalue weighted by molar-refractivity contribution is 5.90. The minimum absolute atomic E-state index is 0.0215. The Hall–Kier alpha value is -1.06. The molecule has 1 fully saturated rings. The van der Waals surface area contributed by atoms with Gasteiger partial charge in [-0.2, -0.15) is 0 Å². The maximum atomic E-state index is 11.9. The lowest BCUT2D eigenvalue weighted by atomic mass is 9.81. The van der Waals surface area contributed by atoms with Gasteiger partial charge in [0.15, 0.2) is 0 Å². The summed E-state index contributed by atoms with van der Waals surface area (Å²) in [6.45, 7) is 2.14. The largest absolute Gasteiger partial charge is 0.368 e. The predicted octanol–water partition coefficient (Wildman–Crippen LogP) is 2.26. The standard InChI is InChI=1S/C14H26N2O2/c1-2-3-4-6-9-12(17)16-14(13(15)18)10-7-5-8-11-14/h2-11H2,1H3,(H2,15,18)(H,16,17). The fourth-order valence-corrected chi connectivity index (χ4v) is 2.63. The van der Waals surface area contributed by atoms with Gasteiger partial charge in [0.2, 0.25) is 11.8 Å². The van der Waals surface area contributed by atoms with E-state index in [-0.39, 0.29) is 11.8 Å². The fourth-order valence-electron chi connectivity index (χ4n) is 2.63. The van der Waals surface area contributed by atoms with Crippen molar-refractivity contribution >= 4 is 11.8 Å². The fraction of sp³-hybridized carbons (Fsp3) is 0.857. The SMILES string of the molecule is CCCCCCC(=O)NC1(C(N)=O)CCCCC1. The smallest absolute Gasteiger partial charge is 0.243 e. The molecule has 1 aliphatic rings. The molecule has 18 heavy (non-hydrogen) atoms. The van der Waals surface area contributed by atoms with Crippen molar-refractivity contribution in [1.29, 1.82) is 0 Å².